The van der Waals surface area contributed by atoms with Gasteiger partial charge in [0.25, 0.3) is 5.91 Å². The van der Waals surface area contributed by atoms with Crippen LogP contribution in [0.1, 0.15) is 21.6 Å². The molecule has 96 valence electrons. The Morgan fingerprint density at radius 2 is 2.32 bits per heavy atom. The highest BCUT2D eigenvalue weighted by Gasteiger charge is 2.13. The minimum Gasteiger partial charge on any atom is -0.495 e. The fourth-order valence-electron chi connectivity index (χ4n) is 1.63. The highest BCUT2D eigenvalue weighted by atomic mass is 16.5. The molecule has 0 bridgehead atoms. The molecule has 6 nitrogen and oxygen atoms in total. The third-order valence-corrected chi connectivity index (χ3v) is 2.65. The van der Waals surface area contributed by atoms with E-state index < -0.39 is 0 Å². The van der Waals surface area contributed by atoms with Gasteiger partial charge in [0.1, 0.15) is 5.75 Å². The smallest absolute Gasteiger partial charge is 0.259 e. The number of H-pyrrole nitrogens is 1. The summed E-state index contributed by atoms with van der Waals surface area (Å²) >= 11 is 0. The maximum absolute atomic E-state index is 12.0. The predicted octanol–water partition coefficient (Wildman–Crippen LogP) is 1.85. The van der Waals surface area contributed by atoms with Gasteiger partial charge in [-0.1, -0.05) is 0 Å². The number of anilines is 1. The Labute approximate surface area is 110 Å². The van der Waals surface area contributed by atoms with E-state index in [1.54, 1.807) is 25.1 Å². The molecule has 2 N–H and O–H groups in total. The van der Waals surface area contributed by atoms with Gasteiger partial charge < -0.3 is 10.1 Å². The standard InChI is InChI=1S/C13H12N4O2/c1-8-10(7-15-17-8)13(18)16-11-4-3-9(6-14)5-12(11)19-2/h3-5,7H,1-2H3,(H,15,17)(H,16,18). The van der Waals surface area contributed by atoms with E-state index in [0.29, 0.717) is 28.3 Å². The van der Waals surface area contributed by atoms with Crippen LogP contribution >= 0.6 is 0 Å². The summed E-state index contributed by atoms with van der Waals surface area (Å²) in [5.41, 5.74) is 2.12. The quantitative estimate of drug-likeness (QED) is 0.876. The van der Waals surface area contributed by atoms with Crippen LogP contribution in [-0.4, -0.2) is 23.2 Å². The molecule has 0 saturated carbocycles. The monoisotopic (exact) mass is 256 g/mol. The average Bonchev–Trinajstić information content (AvgIpc) is 2.85. The van der Waals surface area contributed by atoms with Crippen LogP contribution in [-0.2, 0) is 0 Å². The largest absolute Gasteiger partial charge is 0.495 e. The normalized spacial score (nSPS) is 9.74. The molecule has 0 atom stereocenters. The van der Waals surface area contributed by atoms with Crippen LogP contribution in [0.15, 0.2) is 24.4 Å². The second kappa shape index (κ2) is 5.23. The number of aromatic nitrogens is 2. The van der Waals surface area contributed by atoms with Gasteiger partial charge in [0, 0.05) is 11.8 Å². The molecule has 1 heterocycles. The van der Waals surface area contributed by atoms with Gasteiger partial charge >= 0.3 is 0 Å². The molecular weight excluding hydrogens is 244 g/mol. The lowest BCUT2D eigenvalue weighted by Crippen LogP contribution is -2.13. The van der Waals surface area contributed by atoms with Gasteiger partial charge in [-0.25, -0.2) is 0 Å². The molecule has 0 radical (unpaired) electrons. The Morgan fingerprint density at radius 3 is 2.89 bits per heavy atom. The molecule has 2 rings (SSSR count). The summed E-state index contributed by atoms with van der Waals surface area (Å²) in [6, 6.07) is 6.82. The zero-order valence-corrected chi connectivity index (χ0v) is 10.5. The van der Waals surface area contributed by atoms with E-state index in [1.807, 2.05) is 6.07 Å². The SMILES string of the molecule is COc1cc(C#N)ccc1NC(=O)c1cn[nH]c1C. The minimum atomic E-state index is -0.283. The first-order valence-corrected chi connectivity index (χ1v) is 5.55. The summed E-state index contributed by atoms with van der Waals surface area (Å²) in [6.07, 6.45) is 1.46. The molecule has 1 amide bonds. The first kappa shape index (κ1) is 12.6. The number of hydrogen-bond acceptors (Lipinski definition) is 4. The Balaban J connectivity index is 2.27. The van der Waals surface area contributed by atoms with Crippen molar-refractivity contribution in [1.29, 1.82) is 5.26 Å². The number of aryl methyl sites for hydroxylation is 1. The first-order chi connectivity index (χ1) is 9.15. The number of nitrogens with zero attached hydrogens (tertiary/aromatic N) is 2. The molecule has 0 unspecified atom stereocenters. The fraction of sp³-hybridized carbons (Fsp3) is 0.154. The fourth-order valence-corrected chi connectivity index (χ4v) is 1.63. The number of carbonyl (C=O) groups is 1. The van der Waals surface area contributed by atoms with Crippen molar-refractivity contribution in [2.45, 2.75) is 6.92 Å². The van der Waals surface area contributed by atoms with Gasteiger partial charge in [0.15, 0.2) is 0 Å². The van der Waals surface area contributed by atoms with Crippen LogP contribution in [0.4, 0.5) is 5.69 Å². The molecular formula is C13H12N4O2. The third kappa shape index (κ3) is 2.55. The van der Waals surface area contributed by atoms with Crippen LogP contribution in [0.25, 0.3) is 0 Å². The second-order valence-electron chi connectivity index (χ2n) is 3.89. The molecule has 0 aliphatic carbocycles. The van der Waals surface area contributed by atoms with E-state index in [1.165, 1.54) is 13.3 Å². The molecule has 6 heteroatoms. The van der Waals surface area contributed by atoms with E-state index >= 15 is 0 Å². The Hall–Kier alpha value is -2.81. The lowest BCUT2D eigenvalue weighted by Gasteiger charge is -2.09. The zero-order valence-electron chi connectivity index (χ0n) is 10.5. The lowest BCUT2D eigenvalue weighted by atomic mass is 10.2. The Kier molecular flexibility index (Phi) is 3.48. The lowest BCUT2D eigenvalue weighted by molar-refractivity contribution is 0.102. The summed E-state index contributed by atoms with van der Waals surface area (Å²) in [4.78, 5) is 12.0. The number of carbonyl (C=O) groups excluding carboxylic acids is 1. The maximum atomic E-state index is 12.0. The molecule has 0 saturated heterocycles. The number of rotatable bonds is 3. The van der Waals surface area contributed by atoms with Gasteiger partial charge in [0.05, 0.1) is 36.2 Å². The summed E-state index contributed by atoms with van der Waals surface area (Å²) in [5.74, 6) is 0.155. The van der Waals surface area contributed by atoms with Gasteiger partial charge in [-0.2, -0.15) is 10.4 Å². The van der Waals surface area contributed by atoms with Crippen LogP contribution in [0, 0.1) is 18.3 Å². The van der Waals surface area contributed by atoms with E-state index in [2.05, 4.69) is 15.5 Å². The maximum Gasteiger partial charge on any atom is 0.259 e. The van der Waals surface area contributed by atoms with E-state index in [4.69, 9.17) is 10.00 Å². The summed E-state index contributed by atoms with van der Waals surface area (Å²) < 4.78 is 5.15. The van der Waals surface area contributed by atoms with Crippen LogP contribution < -0.4 is 10.1 Å². The minimum absolute atomic E-state index is 0.283. The Morgan fingerprint density at radius 1 is 1.53 bits per heavy atom. The number of benzene rings is 1. The van der Waals surface area contributed by atoms with Crippen LogP contribution in [0.3, 0.4) is 0 Å². The molecule has 1 aromatic carbocycles. The van der Waals surface area contributed by atoms with Gasteiger partial charge in [-0.15, -0.1) is 0 Å². The summed E-state index contributed by atoms with van der Waals surface area (Å²) in [7, 11) is 1.48. The molecule has 19 heavy (non-hydrogen) atoms. The number of aromatic amines is 1. The predicted molar refractivity (Wildman–Crippen MR) is 69.0 cm³/mol. The highest BCUT2D eigenvalue weighted by molar-refractivity contribution is 6.05. The zero-order chi connectivity index (χ0) is 13.8. The van der Waals surface area contributed by atoms with Crippen LogP contribution in [0.5, 0.6) is 5.75 Å². The van der Waals surface area contributed by atoms with E-state index in [0.717, 1.165) is 0 Å². The van der Waals surface area contributed by atoms with Crippen molar-refractivity contribution in [1.82, 2.24) is 10.2 Å². The van der Waals surface area contributed by atoms with Gasteiger partial charge in [-0.3, -0.25) is 9.89 Å². The summed E-state index contributed by atoms with van der Waals surface area (Å²) in [5, 5.41) is 18.0. The van der Waals surface area contributed by atoms with Crippen molar-refractivity contribution >= 4 is 11.6 Å². The molecule has 0 spiro atoms. The van der Waals surface area contributed by atoms with Crippen LogP contribution in [0.2, 0.25) is 0 Å². The second-order valence-corrected chi connectivity index (χ2v) is 3.89. The first-order valence-electron chi connectivity index (χ1n) is 5.55. The van der Waals surface area contributed by atoms with Gasteiger partial charge in [-0.05, 0) is 19.1 Å². The van der Waals surface area contributed by atoms with Crippen molar-refractivity contribution in [3.8, 4) is 11.8 Å². The van der Waals surface area contributed by atoms with Crippen molar-refractivity contribution in [2.24, 2.45) is 0 Å². The number of hydrogen-bond donors (Lipinski definition) is 2. The molecule has 2 aromatic rings. The number of methoxy groups -OCH3 is 1. The Bertz CT molecular complexity index is 655. The third-order valence-electron chi connectivity index (χ3n) is 2.65. The molecule has 1 aromatic heterocycles. The molecule has 0 aliphatic rings. The average molecular weight is 256 g/mol. The number of nitrogens with one attached hydrogen (secondary N) is 2. The number of ether oxygens (including phenoxy) is 1. The van der Waals surface area contributed by atoms with Crippen molar-refractivity contribution in [3.05, 3.63) is 41.2 Å². The molecule has 0 aliphatic heterocycles. The topological polar surface area (TPSA) is 90.8 Å². The van der Waals surface area contributed by atoms with Gasteiger partial charge in [0.2, 0.25) is 0 Å². The van der Waals surface area contributed by atoms with E-state index in [9.17, 15) is 4.79 Å². The number of nitriles is 1. The van der Waals surface area contributed by atoms with E-state index in [-0.39, 0.29) is 5.91 Å². The summed E-state index contributed by atoms with van der Waals surface area (Å²) in [6.45, 7) is 1.76. The molecule has 0 fully saturated rings. The van der Waals surface area contributed by atoms with Crippen molar-refractivity contribution < 1.29 is 9.53 Å². The highest BCUT2D eigenvalue weighted by Crippen LogP contribution is 2.25. The van der Waals surface area contributed by atoms with Crippen molar-refractivity contribution in [2.75, 3.05) is 12.4 Å². The number of amides is 1. The van der Waals surface area contributed by atoms with Crippen molar-refractivity contribution in [3.63, 3.8) is 0 Å².